The Balaban J connectivity index is 2.24. The van der Waals surface area contributed by atoms with Crippen molar-refractivity contribution in [1.29, 1.82) is 0 Å². The molecule has 0 spiro atoms. The molecule has 0 unspecified atom stereocenters. The van der Waals surface area contributed by atoms with E-state index >= 15 is 0 Å². The van der Waals surface area contributed by atoms with E-state index in [0.29, 0.717) is 17.3 Å². The first kappa shape index (κ1) is 10.5. The predicted octanol–water partition coefficient (Wildman–Crippen LogP) is 2.27. The zero-order valence-corrected chi connectivity index (χ0v) is 10.1. The van der Waals surface area contributed by atoms with Crippen molar-refractivity contribution in [2.45, 2.75) is 18.9 Å². The zero-order chi connectivity index (χ0) is 11.0. The molecule has 0 atom stereocenters. The summed E-state index contributed by atoms with van der Waals surface area (Å²) in [5.41, 5.74) is 6.95. The Kier molecular flexibility index (Phi) is 2.69. The fourth-order valence-electron chi connectivity index (χ4n) is 1.57. The summed E-state index contributed by atoms with van der Waals surface area (Å²) in [6, 6.07) is 5.73. The van der Waals surface area contributed by atoms with Crippen LogP contribution in [0.15, 0.2) is 22.7 Å². The van der Waals surface area contributed by atoms with E-state index in [1.165, 1.54) is 0 Å². The standard InChI is InChI=1S/C11H13BrN2O/c1-14(10-2-3-10)11(15)7-4-8(12)6-9(13)5-7/h4-6,10H,2-3,13H2,1H3. The summed E-state index contributed by atoms with van der Waals surface area (Å²) < 4.78 is 0.843. The quantitative estimate of drug-likeness (QED) is 0.837. The topological polar surface area (TPSA) is 46.3 Å². The summed E-state index contributed by atoms with van der Waals surface area (Å²) in [6.07, 6.45) is 2.23. The molecule has 2 rings (SSSR count). The third-order valence-corrected chi connectivity index (χ3v) is 3.04. The Morgan fingerprint density at radius 3 is 2.67 bits per heavy atom. The van der Waals surface area contributed by atoms with Crippen molar-refractivity contribution in [2.24, 2.45) is 0 Å². The molecule has 0 bridgehead atoms. The number of carbonyl (C=O) groups excluding carboxylic acids is 1. The van der Waals surface area contributed by atoms with E-state index in [1.807, 2.05) is 7.05 Å². The normalized spacial score (nSPS) is 15.1. The molecule has 1 amide bonds. The molecule has 2 N–H and O–H groups in total. The highest BCUT2D eigenvalue weighted by Crippen LogP contribution is 2.27. The minimum atomic E-state index is 0.0468. The van der Waals surface area contributed by atoms with E-state index in [2.05, 4.69) is 15.9 Å². The van der Waals surface area contributed by atoms with Crippen molar-refractivity contribution in [2.75, 3.05) is 12.8 Å². The van der Waals surface area contributed by atoms with Crippen LogP contribution in [0.25, 0.3) is 0 Å². The first-order valence-electron chi connectivity index (χ1n) is 4.91. The molecule has 0 aliphatic heterocycles. The average molecular weight is 269 g/mol. The molecule has 0 heterocycles. The number of rotatable bonds is 2. The molecule has 0 saturated heterocycles. The molecule has 4 heteroatoms. The number of halogens is 1. The van der Waals surface area contributed by atoms with Crippen molar-refractivity contribution in [1.82, 2.24) is 4.90 Å². The van der Waals surface area contributed by atoms with Crippen LogP contribution in [0.4, 0.5) is 5.69 Å². The number of benzene rings is 1. The Labute approximate surface area is 97.4 Å². The fourth-order valence-corrected chi connectivity index (χ4v) is 2.08. The second-order valence-electron chi connectivity index (χ2n) is 3.92. The third kappa shape index (κ3) is 2.31. The summed E-state index contributed by atoms with van der Waals surface area (Å²) in [5, 5.41) is 0. The highest BCUT2D eigenvalue weighted by molar-refractivity contribution is 9.10. The molecule has 15 heavy (non-hydrogen) atoms. The maximum Gasteiger partial charge on any atom is 0.253 e. The minimum Gasteiger partial charge on any atom is -0.399 e. The average Bonchev–Trinajstić information content (AvgIpc) is 2.97. The zero-order valence-electron chi connectivity index (χ0n) is 8.53. The second kappa shape index (κ2) is 3.85. The molecule has 1 fully saturated rings. The van der Waals surface area contributed by atoms with Crippen molar-refractivity contribution < 1.29 is 4.79 Å². The summed E-state index contributed by atoms with van der Waals surface area (Å²) in [7, 11) is 1.84. The van der Waals surface area contributed by atoms with Gasteiger partial charge >= 0.3 is 0 Å². The highest BCUT2D eigenvalue weighted by Gasteiger charge is 2.30. The number of hydrogen-bond acceptors (Lipinski definition) is 2. The molecular weight excluding hydrogens is 256 g/mol. The lowest BCUT2D eigenvalue weighted by Gasteiger charge is -2.16. The van der Waals surface area contributed by atoms with Crippen LogP contribution in [0, 0.1) is 0 Å². The smallest absolute Gasteiger partial charge is 0.253 e. The van der Waals surface area contributed by atoms with Gasteiger partial charge in [-0.2, -0.15) is 0 Å². The lowest BCUT2D eigenvalue weighted by atomic mass is 10.2. The van der Waals surface area contributed by atoms with E-state index in [1.54, 1.807) is 23.1 Å². The van der Waals surface area contributed by atoms with Crippen LogP contribution in [-0.2, 0) is 0 Å². The number of carbonyl (C=O) groups is 1. The van der Waals surface area contributed by atoms with Crippen LogP contribution in [0.5, 0.6) is 0 Å². The molecule has 1 aromatic rings. The number of nitrogen functional groups attached to an aromatic ring is 1. The van der Waals surface area contributed by atoms with Crippen LogP contribution in [0.2, 0.25) is 0 Å². The molecule has 1 saturated carbocycles. The summed E-state index contributed by atoms with van der Waals surface area (Å²) in [5.74, 6) is 0.0468. The maximum atomic E-state index is 12.0. The Bertz CT molecular complexity index is 381. The Morgan fingerprint density at radius 1 is 1.47 bits per heavy atom. The molecule has 1 aromatic carbocycles. The van der Waals surface area contributed by atoms with Gasteiger partial charge in [0.2, 0.25) is 0 Å². The van der Waals surface area contributed by atoms with Gasteiger partial charge < -0.3 is 10.6 Å². The number of hydrogen-bond donors (Lipinski definition) is 1. The van der Waals surface area contributed by atoms with Gasteiger partial charge in [-0.3, -0.25) is 4.79 Å². The number of amides is 1. The molecule has 0 aromatic heterocycles. The fraction of sp³-hybridized carbons (Fsp3) is 0.364. The Hall–Kier alpha value is -1.03. The van der Waals surface area contributed by atoms with Crippen molar-refractivity contribution in [3.05, 3.63) is 28.2 Å². The van der Waals surface area contributed by atoms with Crippen molar-refractivity contribution >= 4 is 27.5 Å². The lowest BCUT2D eigenvalue weighted by Crippen LogP contribution is -2.28. The van der Waals surface area contributed by atoms with Crippen LogP contribution in [-0.4, -0.2) is 23.9 Å². The van der Waals surface area contributed by atoms with Gasteiger partial charge in [0.15, 0.2) is 0 Å². The van der Waals surface area contributed by atoms with E-state index < -0.39 is 0 Å². The summed E-state index contributed by atoms with van der Waals surface area (Å²) in [4.78, 5) is 13.8. The highest BCUT2D eigenvalue weighted by atomic mass is 79.9. The molecule has 80 valence electrons. The van der Waals surface area contributed by atoms with Crippen LogP contribution >= 0.6 is 15.9 Å². The van der Waals surface area contributed by atoms with E-state index in [0.717, 1.165) is 17.3 Å². The van der Waals surface area contributed by atoms with Gasteiger partial charge in [0.25, 0.3) is 5.91 Å². The van der Waals surface area contributed by atoms with Gasteiger partial charge in [-0.1, -0.05) is 15.9 Å². The Morgan fingerprint density at radius 2 is 2.13 bits per heavy atom. The van der Waals surface area contributed by atoms with Gasteiger partial charge in [0.05, 0.1) is 0 Å². The van der Waals surface area contributed by atoms with Crippen LogP contribution in [0.3, 0.4) is 0 Å². The minimum absolute atomic E-state index is 0.0468. The van der Waals surface area contributed by atoms with Gasteiger partial charge in [-0.25, -0.2) is 0 Å². The van der Waals surface area contributed by atoms with Crippen molar-refractivity contribution in [3.8, 4) is 0 Å². The molecule has 3 nitrogen and oxygen atoms in total. The number of nitrogens with zero attached hydrogens (tertiary/aromatic N) is 1. The van der Waals surface area contributed by atoms with Gasteiger partial charge in [-0.15, -0.1) is 0 Å². The lowest BCUT2D eigenvalue weighted by molar-refractivity contribution is 0.0785. The molecule has 1 aliphatic rings. The van der Waals surface area contributed by atoms with Gasteiger partial charge in [0, 0.05) is 28.8 Å². The monoisotopic (exact) mass is 268 g/mol. The van der Waals surface area contributed by atoms with Crippen LogP contribution < -0.4 is 5.73 Å². The van der Waals surface area contributed by atoms with Crippen molar-refractivity contribution in [3.63, 3.8) is 0 Å². The van der Waals surface area contributed by atoms with Crippen LogP contribution in [0.1, 0.15) is 23.2 Å². The predicted molar refractivity (Wildman–Crippen MR) is 63.7 cm³/mol. The largest absolute Gasteiger partial charge is 0.399 e. The first-order chi connectivity index (χ1) is 7.08. The van der Waals surface area contributed by atoms with Gasteiger partial charge in [0.1, 0.15) is 0 Å². The SMILES string of the molecule is CN(C(=O)c1cc(N)cc(Br)c1)C1CC1. The molecule has 0 radical (unpaired) electrons. The summed E-state index contributed by atoms with van der Waals surface area (Å²) >= 11 is 3.33. The first-order valence-corrected chi connectivity index (χ1v) is 5.70. The molecule has 1 aliphatic carbocycles. The summed E-state index contributed by atoms with van der Waals surface area (Å²) in [6.45, 7) is 0. The number of nitrogens with two attached hydrogens (primary N) is 1. The maximum absolute atomic E-state index is 12.0. The third-order valence-electron chi connectivity index (χ3n) is 2.58. The van der Waals surface area contributed by atoms with E-state index in [9.17, 15) is 4.79 Å². The van der Waals surface area contributed by atoms with E-state index in [4.69, 9.17) is 5.73 Å². The number of anilines is 1. The van der Waals surface area contributed by atoms with E-state index in [-0.39, 0.29) is 5.91 Å². The second-order valence-corrected chi connectivity index (χ2v) is 4.84. The van der Waals surface area contributed by atoms with Gasteiger partial charge in [-0.05, 0) is 31.0 Å². The molecular formula is C11H13BrN2O.